The number of aliphatic carboxylic acids is 1. The molecule has 5 nitrogen and oxygen atoms in total. The smallest absolute Gasteiger partial charge is 0.307 e. The maximum atomic E-state index is 12.5. The van der Waals surface area contributed by atoms with Gasteiger partial charge in [-0.25, -0.2) is 0 Å². The molecular formula is C15H26N2O3. The molecule has 1 aliphatic heterocycles. The third-order valence-corrected chi connectivity index (χ3v) is 4.73. The van der Waals surface area contributed by atoms with Gasteiger partial charge in [-0.05, 0) is 38.8 Å². The molecule has 5 heteroatoms. The van der Waals surface area contributed by atoms with Crippen molar-refractivity contribution >= 4 is 11.9 Å². The zero-order chi connectivity index (χ0) is 14.5. The highest BCUT2D eigenvalue weighted by Crippen LogP contribution is 2.31. The van der Waals surface area contributed by atoms with E-state index in [0.29, 0.717) is 13.0 Å². The molecule has 2 atom stereocenters. The second-order valence-corrected chi connectivity index (χ2v) is 6.14. The number of nitrogens with zero attached hydrogens (tertiary/aromatic N) is 2. The summed E-state index contributed by atoms with van der Waals surface area (Å²) in [5.41, 5.74) is 0. The molecule has 114 valence electrons. The highest BCUT2D eigenvalue weighted by atomic mass is 16.4. The van der Waals surface area contributed by atoms with Crippen LogP contribution in [0.1, 0.15) is 38.5 Å². The van der Waals surface area contributed by atoms with Crippen LogP contribution in [0.2, 0.25) is 0 Å². The van der Waals surface area contributed by atoms with Crippen LogP contribution in [-0.2, 0) is 9.59 Å². The van der Waals surface area contributed by atoms with Crippen LogP contribution >= 0.6 is 0 Å². The third-order valence-electron chi connectivity index (χ3n) is 4.73. The Balaban J connectivity index is 1.85. The minimum absolute atomic E-state index is 0.0243. The number of likely N-dealkylation sites (tertiary alicyclic amines) is 1. The fraction of sp³-hybridized carbons (Fsp3) is 0.867. The van der Waals surface area contributed by atoms with E-state index in [0.717, 1.165) is 38.9 Å². The van der Waals surface area contributed by atoms with Crippen LogP contribution in [0.3, 0.4) is 0 Å². The summed E-state index contributed by atoms with van der Waals surface area (Å²) in [6.07, 6.45) is 5.77. The van der Waals surface area contributed by atoms with E-state index in [-0.39, 0.29) is 11.8 Å². The Hall–Kier alpha value is -1.10. The summed E-state index contributed by atoms with van der Waals surface area (Å²) in [5.74, 6) is -1.58. The Bertz CT molecular complexity index is 353. The zero-order valence-electron chi connectivity index (χ0n) is 12.4. The summed E-state index contributed by atoms with van der Waals surface area (Å²) >= 11 is 0. The molecule has 0 bridgehead atoms. The minimum Gasteiger partial charge on any atom is -0.481 e. The maximum Gasteiger partial charge on any atom is 0.307 e. The van der Waals surface area contributed by atoms with Crippen molar-refractivity contribution < 1.29 is 14.7 Å². The molecule has 2 aliphatic rings. The molecule has 1 saturated carbocycles. The van der Waals surface area contributed by atoms with Gasteiger partial charge in [0.15, 0.2) is 0 Å². The van der Waals surface area contributed by atoms with Crippen molar-refractivity contribution in [3.8, 4) is 0 Å². The van der Waals surface area contributed by atoms with Gasteiger partial charge in [-0.1, -0.05) is 12.8 Å². The molecule has 1 N–H and O–H groups in total. The molecule has 20 heavy (non-hydrogen) atoms. The van der Waals surface area contributed by atoms with Crippen LogP contribution in [0.15, 0.2) is 0 Å². The fourth-order valence-electron chi connectivity index (χ4n) is 3.41. The van der Waals surface area contributed by atoms with Crippen molar-refractivity contribution in [2.75, 3.05) is 33.2 Å². The molecule has 0 radical (unpaired) electrons. The van der Waals surface area contributed by atoms with Gasteiger partial charge in [0.2, 0.25) is 5.91 Å². The van der Waals surface area contributed by atoms with E-state index in [9.17, 15) is 14.7 Å². The fourth-order valence-corrected chi connectivity index (χ4v) is 3.41. The van der Waals surface area contributed by atoms with Crippen molar-refractivity contribution in [3.63, 3.8) is 0 Å². The number of hydrogen-bond acceptors (Lipinski definition) is 3. The topological polar surface area (TPSA) is 60.9 Å². The lowest BCUT2D eigenvalue weighted by atomic mass is 9.78. The van der Waals surface area contributed by atoms with Crippen molar-refractivity contribution in [3.05, 3.63) is 0 Å². The van der Waals surface area contributed by atoms with Crippen LogP contribution in [0.4, 0.5) is 0 Å². The number of carbonyl (C=O) groups is 2. The molecule has 0 unspecified atom stereocenters. The highest BCUT2D eigenvalue weighted by Gasteiger charge is 2.37. The SMILES string of the molecule is CN(CCN1CCCC1)C(=O)[C@@H]1CCCC[C@@H]1C(=O)O. The third kappa shape index (κ3) is 3.72. The second kappa shape index (κ2) is 7.07. The first-order chi connectivity index (χ1) is 9.59. The summed E-state index contributed by atoms with van der Waals surface area (Å²) in [4.78, 5) is 27.9. The Kier molecular flexibility index (Phi) is 5.40. The predicted molar refractivity (Wildman–Crippen MR) is 76.4 cm³/mol. The molecule has 1 aliphatic carbocycles. The van der Waals surface area contributed by atoms with E-state index < -0.39 is 11.9 Å². The van der Waals surface area contributed by atoms with E-state index in [4.69, 9.17) is 0 Å². The standard InChI is InChI=1S/C15H26N2O3/c1-16(10-11-17-8-4-5-9-17)14(18)12-6-2-3-7-13(12)15(19)20/h12-13H,2-11H2,1H3,(H,19,20)/t12-,13+/m1/s1. The van der Waals surface area contributed by atoms with Crippen molar-refractivity contribution in [1.82, 2.24) is 9.80 Å². The average Bonchev–Trinajstić information content (AvgIpc) is 2.97. The van der Waals surface area contributed by atoms with Gasteiger partial charge in [0.05, 0.1) is 11.8 Å². The first-order valence-corrected chi connectivity index (χ1v) is 7.79. The number of carboxylic acid groups (broad SMARTS) is 1. The van der Waals surface area contributed by atoms with Crippen molar-refractivity contribution in [2.24, 2.45) is 11.8 Å². The second-order valence-electron chi connectivity index (χ2n) is 6.14. The Labute approximate surface area is 120 Å². The molecule has 1 amide bonds. The van der Waals surface area contributed by atoms with Crippen LogP contribution < -0.4 is 0 Å². The van der Waals surface area contributed by atoms with Gasteiger partial charge in [0.1, 0.15) is 0 Å². The monoisotopic (exact) mass is 282 g/mol. The number of rotatable bonds is 5. The van der Waals surface area contributed by atoms with Gasteiger partial charge < -0.3 is 14.9 Å². The lowest BCUT2D eigenvalue weighted by Gasteiger charge is -2.31. The molecule has 2 fully saturated rings. The number of likely N-dealkylation sites (N-methyl/N-ethyl adjacent to an activating group) is 1. The molecule has 0 aromatic heterocycles. The highest BCUT2D eigenvalue weighted by molar-refractivity contribution is 5.84. The lowest BCUT2D eigenvalue weighted by molar-refractivity contribution is -0.151. The molecule has 1 saturated heterocycles. The predicted octanol–water partition coefficient (Wildman–Crippen LogP) is 1.43. The van der Waals surface area contributed by atoms with Gasteiger partial charge in [-0.2, -0.15) is 0 Å². The first kappa shape index (κ1) is 15.3. The molecule has 0 aromatic carbocycles. The number of amides is 1. The minimum atomic E-state index is -0.809. The lowest BCUT2D eigenvalue weighted by Crippen LogP contribution is -2.43. The van der Waals surface area contributed by atoms with Crippen LogP contribution in [-0.4, -0.2) is 60.0 Å². The summed E-state index contributed by atoms with van der Waals surface area (Å²) in [6.45, 7) is 3.88. The van der Waals surface area contributed by atoms with Gasteiger partial charge in [0, 0.05) is 20.1 Å². The van der Waals surface area contributed by atoms with Crippen molar-refractivity contribution in [2.45, 2.75) is 38.5 Å². The van der Waals surface area contributed by atoms with E-state index in [1.165, 1.54) is 12.8 Å². The first-order valence-electron chi connectivity index (χ1n) is 7.79. The molecule has 0 spiro atoms. The molecular weight excluding hydrogens is 256 g/mol. The van der Waals surface area contributed by atoms with Crippen LogP contribution in [0, 0.1) is 11.8 Å². The number of carbonyl (C=O) groups excluding carboxylic acids is 1. The van der Waals surface area contributed by atoms with Gasteiger partial charge >= 0.3 is 5.97 Å². The largest absolute Gasteiger partial charge is 0.481 e. The number of carboxylic acids is 1. The van der Waals surface area contributed by atoms with E-state index in [2.05, 4.69) is 4.90 Å². The van der Waals surface area contributed by atoms with Gasteiger partial charge in [-0.3, -0.25) is 9.59 Å². The van der Waals surface area contributed by atoms with E-state index >= 15 is 0 Å². The number of hydrogen-bond donors (Lipinski definition) is 1. The summed E-state index contributed by atoms with van der Waals surface area (Å²) in [5, 5.41) is 9.26. The summed E-state index contributed by atoms with van der Waals surface area (Å²) < 4.78 is 0. The van der Waals surface area contributed by atoms with Crippen molar-refractivity contribution in [1.29, 1.82) is 0 Å². The molecule has 2 rings (SSSR count). The van der Waals surface area contributed by atoms with E-state index in [1.807, 2.05) is 7.05 Å². The van der Waals surface area contributed by atoms with Crippen LogP contribution in [0.5, 0.6) is 0 Å². The molecule has 1 heterocycles. The average molecular weight is 282 g/mol. The quantitative estimate of drug-likeness (QED) is 0.828. The van der Waals surface area contributed by atoms with Gasteiger partial charge in [0.25, 0.3) is 0 Å². The zero-order valence-corrected chi connectivity index (χ0v) is 12.4. The normalized spacial score (nSPS) is 27.4. The van der Waals surface area contributed by atoms with E-state index in [1.54, 1.807) is 4.90 Å². The maximum absolute atomic E-state index is 12.5. The molecule has 0 aromatic rings. The Morgan fingerprint density at radius 3 is 2.30 bits per heavy atom. The Morgan fingerprint density at radius 1 is 1.10 bits per heavy atom. The summed E-state index contributed by atoms with van der Waals surface area (Å²) in [6, 6.07) is 0. The van der Waals surface area contributed by atoms with Gasteiger partial charge in [-0.15, -0.1) is 0 Å². The van der Waals surface area contributed by atoms with Crippen LogP contribution in [0.25, 0.3) is 0 Å². The Morgan fingerprint density at radius 2 is 1.70 bits per heavy atom. The summed E-state index contributed by atoms with van der Waals surface area (Å²) in [7, 11) is 1.81.